The summed E-state index contributed by atoms with van der Waals surface area (Å²) in [6, 6.07) is 0.738. The number of nitrogens with zero attached hydrogens (tertiary/aromatic N) is 1. The molecule has 0 radical (unpaired) electrons. The van der Waals surface area contributed by atoms with Gasteiger partial charge in [-0.25, -0.2) is 0 Å². The second-order valence-corrected chi connectivity index (χ2v) is 6.29. The van der Waals surface area contributed by atoms with Gasteiger partial charge < -0.3 is 16.0 Å². The van der Waals surface area contributed by atoms with Gasteiger partial charge in [0.15, 0.2) is 0 Å². The number of rotatable bonds is 3. The minimum absolute atomic E-state index is 0.135. The van der Waals surface area contributed by atoms with Crippen molar-refractivity contribution >= 4 is 5.91 Å². The van der Waals surface area contributed by atoms with Crippen LogP contribution >= 0.6 is 0 Å². The van der Waals surface area contributed by atoms with Crippen LogP contribution in [0.4, 0.5) is 0 Å². The second kappa shape index (κ2) is 6.02. The van der Waals surface area contributed by atoms with E-state index < -0.39 is 0 Å². The first-order chi connectivity index (χ1) is 8.56. The van der Waals surface area contributed by atoms with E-state index in [4.69, 9.17) is 5.73 Å². The summed E-state index contributed by atoms with van der Waals surface area (Å²) in [4.78, 5) is 14.5. The highest BCUT2D eigenvalue weighted by atomic mass is 16.1. The highest BCUT2D eigenvalue weighted by Gasteiger charge is 2.30. The van der Waals surface area contributed by atoms with Crippen LogP contribution in [0, 0.1) is 11.8 Å². The van der Waals surface area contributed by atoms with Crippen LogP contribution in [-0.2, 0) is 4.79 Å². The van der Waals surface area contributed by atoms with E-state index in [1.807, 2.05) is 0 Å². The quantitative estimate of drug-likeness (QED) is 0.787. The Labute approximate surface area is 110 Å². The zero-order chi connectivity index (χ0) is 13.1. The first-order valence-corrected chi connectivity index (χ1v) is 7.29. The van der Waals surface area contributed by atoms with Crippen LogP contribution in [0.3, 0.4) is 0 Å². The Bertz CT molecular complexity index is 285. The fourth-order valence-corrected chi connectivity index (χ4v) is 3.47. The lowest BCUT2D eigenvalue weighted by Gasteiger charge is -2.31. The van der Waals surface area contributed by atoms with Crippen molar-refractivity contribution in [1.29, 1.82) is 0 Å². The van der Waals surface area contributed by atoms with Gasteiger partial charge in [-0.2, -0.15) is 0 Å². The van der Waals surface area contributed by atoms with Crippen molar-refractivity contribution < 1.29 is 4.79 Å². The molecule has 4 nitrogen and oxygen atoms in total. The highest BCUT2D eigenvalue weighted by molar-refractivity contribution is 5.78. The maximum Gasteiger partial charge on any atom is 0.223 e. The molecule has 0 bridgehead atoms. The molecular formula is C14H27N3O. The minimum Gasteiger partial charge on any atom is -0.354 e. The van der Waals surface area contributed by atoms with Crippen molar-refractivity contribution in [3.8, 4) is 0 Å². The van der Waals surface area contributed by atoms with E-state index in [0.717, 1.165) is 32.4 Å². The highest BCUT2D eigenvalue weighted by Crippen LogP contribution is 2.28. The molecule has 4 unspecified atom stereocenters. The van der Waals surface area contributed by atoms with E-state index >= 15 is 0 Å². The second-order valence-electron chi connectivity index (χ2n) is 6.29. The number of hydrogen-bond acceptors (Lipinski definition) is 3. The number of nitrogens with one attached hydrogen (secondary N) is 1. The zero-order valence-corrected chi connectivity index (χ0v) is 11.7. The molecule has 1 heterocycles. The van der Waals surface area contributed by atoms with Crippen LogP contribution in [0.5, 0.6) is 0 Å². The molecule has 1 saturated heterocycles. The SMILES string of the molecule is CC1CC(N)CC(C(=O)NCC2CCCN2C)C1. The van der Waals surface area contributed by atoms with Gasteiger partial charge in [0.25, 0.3) is 0 Å². The summed E-state index contributed by atoms with van der Waals surface area (Å²) in [5, 5.41) is 3.13. The summed E-state index contributed by atoms with van der Waals surface area (Å²) >= 11 is 0. The molecule has 18 heavy (non-hydrogen) atoms. The number of likely N-dealkylation sites (N-methyl/N-ethyl adjacent to an activating group) is 1. The van der Waals surface area contributed by atoms with Gasteiger partial charge >= 0.3 is 0 Å². The average molecular weight is 253 g/mol. The van der Waals surface area contributed by atoms with Gasteiger partial charge in [-0.1, -0.05) is 6.92 Å². The monoisotopic (exact) mass is 253 g/mol. The Hall–Kier alpha value is -0.610. The lowest BCUT2D eigenvalue weighted by molar-refractivity contribution is -0.126. The Kier molecular flexibility index (Phi) is 4.62. The first-order valence-electron chi connectivity index (χ1n) is 7.29. The fraction of sp³-hybridized carbons (Fsp3) is 0.929. The lowest BCUT2D eigenvalue weighted by Crippen LogP contribution is -2.44. The Morgan fingerprint density at radius 3 is 2.78 bits per heavy atom. The number of carbonyl (C=O) groups excluding carboxylic acids is 1. The van der Waals surface area contributed by atoms with E-state index in [9.17, 15) is 4.79 Å². The molecule has 4 atom stereocenters. The van der Waals surface area contributed by atoms with Crippen molar-refractivity contribution in [2.45, 2.75) is 51.1 Å². The molecule has 1 amide bonds. The molecule has 104 valence electrons. The number of hydrogen-bond donors (Lipinski definition) is 2. The third-order valence-electron chi connectivity index (χ3n) is 4.53. The minimum atomic E-state index is 0.135. The molecule has 2 rings (SSSR count). The number of nitrogens with two attached hydrogens (primary N) is 1. The van der Waals surface area contributed by atoms with E-state index in [1.165, 1.54) is 12.8 Å². The number of carbonyl (C=O) groups is 1. The molecule has 1 aliphatic heterocycles. The largest absolute Gasteiger partial charge is 0.354 e. The van der Waals surface area contributed by atoms with Gasteiger partial charge in [0.05, 0.1) is 0 Å². The average Bonchev–Trinajstić information content (AvgIpc) is 2.70. The normalized spacial score (nSPS) is 37.7. The summed E-state index contributed by atoms with van der Waals surface area (Å²) in [6.07, 6.45) is 5.38. The van der Waals surface area contributed by atoms with Gasteiger partial charge in [-0.15, -0.1) is 0 Å². The van der Waals surface area contributed by atoms with Gasteiger partial charge in [0.2, 0.25) is 5.91 Å². The molecular weight excluding hydrogens is 226 g/mol. The van der Waals surface area contributed by atoms with Crippen LogP contribution in [0.25, 0.3) is 0 Å². The topological polar surface area (TPSA) is 58.4 Å². The fourth-order valence-electron chi connectivity index (χ4n) is 3.47. The Morgan fingerprint density at radius 1 is 1.39 bits per heavy atom. The predicted octanol–water partition coefficient (Wildman–Crippen LogP) is 0.960. The summed E-state index contributed by atoms with van der Waals surface area (Å²) in [5.41, 5.74) is 6.01. The Balaban J connectivity index is 1.77. The summed E-state index contributed by atoms with van der Waals surface area (Å²) < 4.78 is 0. The summed E-state index contributed by atoms with van der Waals surface area (Å²) in [5.74, 6) is 0.936. The molecule has 2 fully saturated rings. The Morgan fingerprint density at radius 2 is 2.17 bits per heavy atom. The van der Waals surface area contributed by atoms with Crippen LogP contribution in [0.2, 0.25) is 0 Å². The van der Waals surface area contributed by atoms with Gasteiger partial charge in [0, 0.05) is 24.5 Å². The third kappa shape index (κ3) is 3.45. The molecule has 0 aromatic rings. The smallest absolute Gasteiger partial charge is 0.223 e. The zero-order valence-electron chi connectivity index (χ0n) is 11.7. The van der Waals surface area contributed by atoms with Crippen LogP contribution in [0.1, 0.15) is 39.0 Å². The molecule has 0 aromatic heterocycles. The standard InChI is InChI=1S/C14H27N3O/c1-10-6-11(8-12(15)7-10)14(18)16-9-13-4-3-5-17(13)2/h10-13H,3-9,15H2,1-2H3,(H,16,18). The van der Waals surface area contributed by atoms with Gasteiger partial charge in [-0.3, -0.25) is 4.79 Å². The van der Waals surface area contributed by atoms with Crippen molar-refractivity contribution in [2.75, 3.05) is 20.1 Å². The van der Waals surface area contributed by atoms with Crippen molar-refractivity contribution in [2.24, 2.45) is 17.6 Å². The number of likely N-dealkylation sites (tertiary alicyclic amines) is 1. The molecule has 2 aliphatic rings. The summed E-state index contributed by atoms with van der Waals surface area (Å²) in [6.45, 7) is 4.16. The maximum atomic E-state index is 12.2. The maximum absolute atomic E-state index is 12.2. The van der Waals surface area contributed by atoms with Crippen molar-refractivity contribution in [3.05, 3.63) is 0 Å². The van der Waals surface area contributed by atoms with E-state index in [2.05, 4.69) is 24.2 Å². The van der Waals surface area contributed by atoms with Gasteiger partial charge in [0.1, 0.15) is 0 Å². The van der Waals surface area contributed by atoms with Crippen molar-refractivity contribution in [1.82, 2.24) is 10.2 Å². The van der Waals surface area contributed by atoms with Crippen LogP contribution in [-0.4, -0.2) is 43.0 Å². The molecule has 1 saturated carbocycles. The van der Waals surface area contributed by atoms with Crippen LogP contribution in [0.15, 0.2) is 0 Å². The molecule has 1 aliphatic carbocycles. The third-order valence-corrected chi connectivity index (χ3v) is 4.53. The molecule has 3 N–H and O–H groups in total. The van der Waals surface area contributed by atoms with E-state index in [-0.39, 0.29) is 17.9 Å². The van der Waals surface area contributed by atoms with Gasteiger partial charge in [-0.05, 0) is 51.6 Å². The predicted molar refractivity (Wildman–Crippen MR) is 73.1 cm³/mol. The molecule has 4 heteroatoms. The van der Waals surface area contributed by atoms with Crippen LogP contribution < -0.4 is 11.1 Å². The number of amides is 1. The lowest BCUT2D eigenvalue weighted by atomic mass is 9.79. The first kappa shape index (κ1) is 13.8. The van der Waals surface area contributed by atoms with Crippen molar-refractivity contribution in [3.63, 3.8) is 0 Å². The molecule has 0 spiro atoms. The van der Waals surface area contributed by atoms with E-state index in [0.29, 0.717) is 12.0 Å². The summed E-state index contributed by atoms with van der Waals surface area (Å²) in [7, 11) is 2.14. The van der Waals surface area contributed by atoms with E-state index in [1.54, 1.807) is 0 Å². The molecule has 0 aromatic carbocycles.